The van der Waals surface area contributed by atoms with Crippen LogP contribution in [-0.4, -0.2) is 90.6 Å². The summed E-state index contributed by atoms with van der Waals surface area (Å²) in [7, 11) is 2.75. The molecule has 1 aliphatic heterocycles. The maximum atomic E-state index is 13.3. The number of rotatable bonds is 6. The normalized spacial score (nSPS) is 18.4. The number of hydrogen-bond acceptors (Lipinski definition) is 7. The van der Waals surface area contributed by atoms with Gasteiger partial charge in [-0.2, -0.15) is 0 Å². The van der Waals surface area contributed by atoms with Crippen molar-refractivity contribution >= 4 is 18.1 Å². The summed E-state index contributed by atoms with van der Waals surface area (Å²) in [6.45, 7) is 2.41. The molecule has 11 heteroatoms. The summed E-state index contributed by atoms with van der Waals surface area (Å²) in [6.07, 6.45) is 0.901. The van der Waals surface area contributed by atoms with Gasteiger partial charge in [-0.25, -0.2) is 14.6 Å². The van der Waals surface area contributed by atoms with E-state index in [0.717, 1.165) is 18.4 Å². The first-order valence-electron chi connectivity index (χ1n) is 10.6. The number of nitrogens with one attached hydrogen (secondary N) is 1. The van der Waals surface area contributed by atoms with Crippen LogP contribution in [0.5, 0.6) is 5.88 Å². The number of carbonyl (C=O) groups excluding carboxylic acids is 2. The van der Waals surface area contributed by atoms with Gasteiger partial charge in [-0.3, -0.25) is 4.79 Å². The number of aromatic nitrogens is 1. The Morgan fingerprint density at radius 1 is 1.39 bits per heavy atom. The monoisotopic (exact) mass is 460 g/mol. The highest BCUT2D eigenvalue weighted by atomic mass is 16.5. The molecule has 178 valence electrons. The van der Waals surface area contributed by atoms with Gasteiger partial charge in [0.15, 0.2) is 6.10 Å². The molecule has 0 spiro atoms. The Labute approximate surface area is 192 Å². The van der Waals surface area contributed by atoms with Crippen LogP contribution < -0.4 is 10.1 Å². The van der Waals surface area contributed by atoms with Gasteiger partial charge in [-0.15, -0.1) is 0 Å². The van der Waals surface area contributed by atoms with E-state index < -0.39 is 18.3 Å². The van der Waals surface area contributed by atoms with Crippen molar-refractivity contribution in [3.8, 4) is 17.7 Å². The summed E-state index contributed by atoms with van der Waals surface area (Å²) in [4.78, 5) is 43.1. The number of methoxy groups -OCH3 is 2. The van der Waals surface area contributed by atoms with E-state index in [1.165, 1.54) is 19.1 Å². The molecule has 2 heterocycles. The van der Waals surface area contributed by atoms with Crippen molar-refractivity contribution in [1.82, 2.24) is 20.1 Å². The topological polar surface area (TPSA) is 131 Å². The fraction of sp³-hybridized carbons (Fsp3) is 0.545. The van der Waals surface area contributed by atoms with Crippen LogP contribution in [0.1, 0.15) is 36.9 Å². The summed E-state index contributed by atoms with van der Waals surface area (Å²) >= 11 is 0. The lowest BCUT2D eigenvalue weighted by atomic mass is 10.1. The van der Waals surface area contributed by atoms with Crippen LogP contribution in [0.15, 0.2) is 12.3 Å². The lowest BCUT2D eigenvalue weighted by molar-refractivity contribution is -0.151. The fourth-order valence-corrected chi connectivity index (χ4v) is 3.62. The second kappa shape index (κ2) is 10.9. The zero-order chi connectivity index (χ0) is 24.0. The van der Waals surface area contributed by atoms with Gasteiger partial charge in [0.2, 0.25) is 5.88 Å². The predicted octanol–water partition coefficient (Wildman–Crippen LogP) is 1.23. The lowest BCUT2D eigenvalue weighted by Gasteiger charge is -2.36. The van der Waals surface area contributed by atoms with Crippen LogP contribution in [0.2, 0.25) is 0 Å². The Bertz CT molecular complexity index is 954. The number of nitrogens with zero attached hydrogens (tertiary/aromatic N) is 3. The first-order chi connectivity index (χ1) is 15.8. The van der Waals surface area contributed by atoms with Crippen LogP contribution in [0.3, 0.4) is 0 Å². The number of pyridine rings is 1. The van der Waals surface area contributed by atoms with Crippen molar-refractivity contribution in [3.05, 3.63) is 23.4 Å². The van der Waals surface area contributed by atoms with E-state index in [0.29, 0.717) is 11.4 Å². The molecule has 2 fully saturated rings. The maximum Gasteiger partial charge on any atom is 0.407 e. The predicted molar refractivity (Wildman–Crippen MR) is 116 cm³/mol. The van der Waals surface area contributed by atoms with E-state index >= 15 is 0 Å². The number of morpholine rings is 1. The average Bonchev–Trinajstić information content (AvgIpc) is 3.66. The quantitative estimate of drug-likeness (QED) is 0.606. The molecule has 33 heavy (non-hydrogen) atoms. The summed E-state index contributed by atoms with van der Waals surface area (Å²) in [5, 5.41) is 11.8. The van der Waals surface area contributed by atoms with Gasteiger partial charge in [-0.05, 0) is 31.4 Å². The van der Waals surface area contributed by atoms with E-state index in [2.05, 4.69) is 26.9 Å². The van der Waals surface area contributed by atoms with Crippen LogP contribution in [-0.2, 0) is 14.3 Å². The third kappa shape index (κ3) is 6.04. The molecule has 0 aromatic carbocycles. The van der Waals surface area contributed by atoms with Crippen molar-refractivity contribution in [3.63, 3.8) is 0 Å². The summed E-state index contributed by atoms with van der Waals surface area (Å²) in [5.74, 6) is 5.84. The molecular weight excluding hydrogens is 432 g/mol. The van der Waals surface area contributed by atoms with Crippen LogP contribution in [0.4, 0.5) is 9.59 Å². The number of amides is 3. The second-order valence-corrected chi connectivity index (χ2v) is 7.71. The highest BCUT2D eigenvalue weighted by Crippen LogP contribution is 2.36. The molecule has 3 amide bonds. The Morgan fingerprint density at radius 3 is 2.79 bits per heavy atom. The first-order valence-corrected chi connectivity index (χ1v) is 10.6. The van der Waals surface area contributed by atoms with Gasteiger partial charge in [0.05, 0.1) is 45.5 Å². The Hall–Kier alpha value is -3.52. The minimum Gasteiger partial charge on any atom is -0.480 e. The van der Waals surface area contributed by atoms with Crippen LogP contribution in [0, 0.1) is 11.8 Å². The van der Waals surface area contributed by atoms with Crippen LogP contribution in [0.25, 0.3) is 0 Å². The summed E-state index contributed by atoms with van der Waals surface area (Å²) in [6, 6.07) is 1.54. The van der Waals surface area contributed by atoms with Gasteiger partial charge < -0.3 is 34.4 Å². The maximum absolute atomic E-state index is 13.3. The van der Waals surface area contributed by atoms with E-state index in [4.69, 9.17) is 9.47 Å². The molecule has 11 nitrogen and oxygen atoms in total. The molecule has 0 bridgehead atoms. The third-order valence-electron chi connectivity index (χ3n) is 5.50. The van der Waals surface area contributed by atoms with Gasteiger partial charge in [0.1, 0.15) is 0 Å². The highest BCUT2D eigenvalue weighted by molar-refractivity contribution is 5.83. The standard InChI is InChI=1S/C22H28N4O7/c1-14(16-11-15(19(31-2)24-12-16)5-4-8-23-21(28)32-3)26(17-6-7-17)20(27)18-13-25(22(29)30)9-10-33-18/h11-12,14,17-18H,6-10,13H2,1-3H3,(H,23,28)(H,29,30)/t14?,18-/m1/s1. The fourth-order valence-electron chi connectivity index (χ4n) is 3.62. The number of carbonyl (C=O) groups is 3. The average molecular weight is 460 g/mol. The minimum absolute atomic E-state index is 0.00882. The Morgan fingerprint density at radius 2 is 2.15 bits per heavy atom. The first kappa shape index (κ1) is 24.1. The molecule has 1 aromatic rings. The molecule has 1 aromatic heterocycles. The largest absolute Gasteiger partial charge is 0.480 e. The highest BCUT2D eigenvalue weighted by Gasteiger charge is 2.41. The van der Waals surface area contributed by atoms with E-state index in [-0.39, 0.29) is 44.2 Å². The van der Waals surface area contributed by atoms with Crippen molar-refractivity contribution < 1.29 is 33.7 Å². The molecule has 3 rings (SSSR count). The molecule has 1 saturated carbocycles. The second-order valence-electron chi connectivity index (χ2n) is 7.71. The number of hydrogen-bond donors (Lipinski definition) is 2. The van der Waals surface area contributed by atoms with E-state index in [1.807, 2.05) is 6.92 Å². The number of alkyl carbamates (subject to hydrolysis) is 1. The zero-order valence-electron chi connectivity index (χ0n) is 18.9. The van der Waals surface area contributed by atoms with Gasteiger partial charge in [0, 0.05) is 18.8 Å². The molecule has 2 atom stereocenters. The smallest absolute Gasteiger partial charge is 0.407 e. The summed E-state index contributed by atoms with van der Waals surface area (Å²) in [5.41, 5.74) is 1.27. The Kier molecular flexibility index (Phi) is 7.95. The van der Waals surface area contributed by atoms with Crippen molar-refractivity contribution in [2.24, 2.45) is 0 Å². The van der Waals surface area contributed by atoms with Crippen LogP contribution >= 0.6 is 0 Å². The van der Waals surface area contributed by atoms with Gasteiger partial charge >= 0.3 is 12.2 Å². The minimum atomic E-state index is -1.06. The number of ether oxygens (including phenoxy) is 3. The molecular formula is C22H28N4O7. The van der Waals surface area contributed by atoms with E-state index in [9.17, 15) is 19.5 Å². The molecule has 2 aliphatic rings. The Balaban J connectivity index is 1.79. The molecule has 1 aliphatic carbocycles. The van der Waals surface area contributed by atoms with E-state index in [1.54, 1.807) is 17.2 Å². The van der Waals surface area contributed by atoms with Gasteiger partial charge in [-0.1, -0.05) is 11.8 Å². The van der Waals surface area contributed by atoms with Crippen molar-refractivity contribution in [1.29, 1.82) is 0 Å². The number of carboxylic acid groups (broad SMARTS) is 1. The zero-order valence-corrected chi connectivity index (χ0v) is 18.9. The third-order valence-corrected chi connectivity index (χ3v) is 5.50. The SMILES string of the molecule is COC(=O)NCC#Cc1cc(C(C)N(C(=O)[C@H]2CN(C(=O)O)CCO2)C2CC2)cnc1OC. The lowest BCUT2D eigenvalue weighted by Crippen LogP contribution is -2.53. The molecule has 1 saturated heterocycles. The molecule has 0 radical (unpaired) electrons. The van der Waals surface area contributed by atoms with Crippen molar-refractivity contribution in [2.75, 3.05) is 40.5 Å². The molecule has 1 unspecified atom stereocenters. The molecule has 2 N–H and O–H groups in total. The van der Waals surface area contributed by atoms with Gasteiger partial charge in [0.25, 0.3) is 5.91 Å². The van der Waals surface area contributed by atoms with Crippen molar-refractivity contribution in [2.45, 2.75) is 38.0 Å². The summed E-state index contributed by atoms with van der Waals surface area (Å²) < 4.78 is 15.4.